The van der Waals surface area contributed by atoms with Crippen LogP contribution in [0.1, 0.15) is 0 Å². The number of aromatic nitrogens is 4. The van der Waals surface area contributed by atoms with Crippen LogP contribution in [0.4, 0.5) is 0 Å². The van der Waals surface area contributed by atoms with E-state index in [1.165, 1.54) is 0 Å². The van der Waals surface area contributed by atoms with E-state index in [9.17, 15) is 0 Å². The molecular weight excluding hydrogens is 572 g/mol. The Labute approximate surface area is 193 Å². The molecule has 146 valence electrons. The number of benzene rings is 2. The minimum Gasteiger partial charge on any atom is -1.00 e. The van der Waals surface area contributed by atoms with Crippen LogP contribution in [0.5, 0.6) is 0 Å². The molecule has 30 heavy (non-hydrogen) atoms. The second-order valence-electron chi connectivity index (χ2n) is 6.25. The molecule has 0 saturated carbocycles. The van der Waals surface area contributed by atoms with Crippen molar-refractivity contribution in [2.75, 3.05) is 0 Å². The second-order valence-corrected chi connectivity index (χ2v) is 6.25. The zero-order chi connectivity index (χ0) is 18.8. The molecule has 4 nitrogen and oxygen atoms in total. The van der Waals surface area contributed by atoms with Crippen LogP contribution in [-0.2, 0) is 20.1 Å². The van der Waals surface area contributed by atoms with Crippen LogP contribution < -0.4 is 12.4 Å². The molecule has 6 rings (SSSR count). The monoisotopic (exact) mass is 586 g/mol. The first-order chi connectivity index (χ1) is 13.9. The van der Waals surface area contributed by atoms with E-state index in [0.29, 0.717) is 0 Å². The largest absolute Gasteiger partial charge is 3.00 e. The zero-order valence-electron chi connectivity index (χ0n) is 15.6. The summed E-state index contributed by atoms with van der Waals surface area (Å²) in [6, 6.07) is 26.0. The van der Waals surface area contributed by atoms with Gasteiger partial charge in [-0.15, -0.1) is 24.3 Å². The van der Waals surface area contributed by atoms with Crippen LogP contribution >= 0.6 is 0 Å². The molecule has 0 amide bonds. The third kappa shape index (κ3) is 4.14. The first-order valence-corrected chi connectivity index (χ1v) is 8.90. The van der Waals surface area contributed by atoms with E-state index in [4.69, 9.17) is 0 Å². The number of pyridine rings is 4. The smallest absolute Gasteiger partial charge is 1.00 e. The summed E-state index contributed by atoms with van der Waals surface area (Å²) in [5, 5.41) is 4.24. The molecule has 2 aromatic carbocycles. The standard InChI is InChI=1S/2C12H7N2.ClH.Ir/c2*1-3-9-5-6-11-10(4-2-7-13-11)12(9)14-8-1;;/h2*1-3,5-8H;1H;/q2*-1;;+3/p-1. The molecule has 0 bridgehead atoms. The molecule has 0 spiro atoms. The first-order valence-electron chi connectivity index (χ1n) is 8.90. The molecule has 0 unspecified atom stereocenters. The molecule has 4 heterocycles. The maximum Gasteiger partial charge on any atom is 3.00 e. The van der Waals surface area contributed by atoms with E-state index in [2.05, 4.69) is 32.1 Å². The molecule has 4 aromatic heterocycles. The van der Waals surface area contributed by atoms with E-state index < -0.39 is 0 Å². The van der Waals surface area contributed by atoms with Crippen molar-refractivity contribution in [3.05, 3.63) is 97.6 Å². The topological polar surface area (TPSA) is 51.6 Å². The van der Waals surface area contributed by atoms with Crippen LogP contribution in [0.25, 0.3) is 43.6 Å². The molecular formula is C24H14ClIrN4. The third-order valence-corrected chi connectivity index (χ3v) is 4.54. The van der Waals surface area contributed by atoms with E-state index in [1.807, 2.05) is 60.7 Å². The van der Waals surface area contributed by atoms with Crippen LogP contribution in [0.2, 0.25) is 0 Å². The second kappa shape index (κ2) is 9.68. The first kappa shape index (κ1) is 21.7. The van der Waals surface area contributed by atoms with E-state index >= 15 is 0 Å². The van der Waals surface area contributed by atoms with Gasteiger partial charge in [0.15, 0.2) is 0 Å². The maximum absolute atomic E-state index is 4.34. The predicted molar refractivity (Wildman–Crippen MR) is 112 cm³/mol. The van der Waals surface area contributed by atoms with Gasteiger partial charge in [-0.25, -0.2) is 0 Å². The van der Waals surface area contributed by atoms with E-state index in [0.717, 1.165) is 43.6 Å². The van der Waals surface area contributed by atoms with Gasteiger partial charge in [-0.2, -0.15) is 0 Å². The van der Waals surface area contributed by atoms with Gasteiger partial charge >= 0.3 is 20.1 Å². The van der Waals surface area contributed by atoms with Crippen molar-refractivity contribution in [1.82, 2.24) is 19.9 Å². The SMILES string of the molecule is [Cl-].[Ir+3].[c-]1ccnc2ccc3cccnc3c12.[c-]1ccnc2ccc3cccnc3c12. The van der Waals surface area contributed by atoms with Crippen molar-refractivity contribution in [3.8, 4) is 0 Å². The van der Waals surface area contributed by atoms with Crippen molar-refractivity contribution in [2.45, 2.75) is 0 Å². The molecule has 0 radical (unpaired) electrons. The summed E-state index contributed by atoms with van der Waals surface area (Å²) in [6.07, 6.45) is 7.08. The summed E-state index contributed by atoms with van der Waals surface area (Å²) in [4.78, 5) is 17.2. The number of halogens is 1. The minimum absolute atomic E-state index is 0. The third-order valence-electron chi connectivity index (χ3n) is 4.54. The molecule has 0 N–H and O–H groups in total. The van der Waals surface area contributed by atoms with Crippen LogP contribution in [-0.4, -0.2) is 19.9 Å². The van der Waals surface area contributed by atoms with Gasteiger partial charge in [-0.3, -0.25) is 0 Å². The Hall–Kier alpha value is -2.98. The summed E-state index contributed by atoms with van der Waals surface area (Å²) in [5.74, 6) is 0. The fourth-order valence-corrected chi connectivity index (χ4v) is 3.25. The Morgan fingerprint density at radius 2 is 1.00 bits per heavy atom. The van der Waals surface area contributed by atoms with Crippen molar-refractivity contribution < 1.29 is 32.5 Å². The summed E-state index contributed by atoms with van der Waals surface area (Å²) >= 11 is 0. The normalized spacial score (nSPS) is 10.1. The van der Waals surface area contributed by atoms with Gasteiger partial charge in [0.25, 0.3) is 0 Å². The van der Waals surface area contributed by atoms with Gasteiger partial charge in [0.1, 0.15) is 0 Å². The molecule has 0 atom stereocenters. The van der Waals surface area contributed by atoms with Gasteiger partial charge in [-0.1, -0.05) is 59.6 Å². The molecule has 0 fully saturated rings. The molecule has 6 aromatic rings. The Bertz CT molecular complexity index is 1220. The summed E-state index contributed by atoms with van der Waals surface area (Å²) in [6.45, 7) is 0. The average molecular weight is 586 g/mol. The van der Waals surface area contributed by atoms with Gasteiger partial charge in [0.05, 0.1) is 0 Å². The van der Waals surface area contributed by atoms with Crippen LogP contribution in [0, 0.1) is 12.1 Å². The molecule has 0 aliphatic carbocycles. The van der Waals surface area contributed by atoms with Gasteiger partial charge in [0.2, 0.25) is 0 Å². The summed E-state index contributed by atoms with van der Waals surface area (Å²) < 4.78 is 0. The number of hydrogen-bond acceptors (Lipinski definition) is 4. The fraction of sp³-hybridized carbons (Fsp3) is 0. The number of rotatable bonds is 0. The Morgan fingerprint density at radius 1 is 0.533 bits per heavy atom. The van der Waals surface area contributed by atoms with Gasteiger partial charge < -0.3 is 32.3 Å². The van der Waals surface area contributed by atoms with Crippen LogP contribution in [0.3, 0.4) is 0 Å². The van der Waals surface area contributed by atoms with E-state index in [-0.39, 0.29) is 32.5 Å². The number of fused-ring (bicyclic) bond motifs is 6. The Morgan fingerprint density at radius 3 is 1.47 bits per heavy atom. The number of nitrogens with zero attached hydrogens (tertiary/aromatic N) is 4. The maximum atomic E-state index is 4.34. The minimum atomic E-state index is 0. The van der Waals surface area contributed by atoms with Crippen LogP contribution in [0.15, 0.2) is 85.5 Å². The summed E-state index contributed by atoms with van der Waals surface area (Å²) in [7, 11) is 0. The molecule has 0 aliphatic heterocycles. The predicted octanol–water partition coefficient (Wildman–Crippen LogP) is 2.17. The van der Waals surface area contributed by atoms with Crippen molar-refractivity contribution in [2.24, 2.45) is 0 Å². The summed E-state index contributed by atoms with van der Waals surface area (Å²) in [5.41, 5.74) is 3.83. The van der Waals surface area contributed by atoms with Crippen molar-refractivity contribution >= 4 is 43.6 Å². The van der Waals surface area contributed by atoms with Gasteiger partial charge in [-0.05, 0) is 45.0 Å². The molecule has 6 heteroatoms. The van der Waals surface area contributed by atoms with E-state index in [1.54, 1.807) is 24.8 Å². The van der Waals surface area contributed by atoms with Gasteiger partial charge in [0, 0.05) is 12.4 Å². The molecule has 0 aliphatic rings. The van der Waals surface area contributed by atoms with Crippen molar-refractivity contribution in [3.63, 3.8) is 0 Å². The fourth-order valence-electron chi connectivity index (χ4n) is 3.25. The number of hydrogen-bond donors (Lipinski definition) is 0. The van der Waals surface area contributed by atoms with Crippen molar-refractivity contribution in [1.29, 1.82) is 0 Å². The Kier molecular flexibility index (Phi) is 7.01. The molecule has 0 saturated heterocycles. The average Bonchev–Trinajstić information content (AvgIpc) is 2.79. The zero-order valence-corrected chi connectivity index (χ0v) is 18.7. The quantitative estimate of drug-likeness (QED) is 0.203. The Balaban J connectivity index is 0.000000160.